The molecule has 1 fully saturated rings. The summed E-state index contributed by atoms with van der Waals surface area (Å²) in [6.07, 6.45) is 2.32. The summed E-state index contributed by atoms with van der Waals surface area (Å²) in [4.78, 5) is 4.96. The van der Waals surface area contributed by atoms with Crippen molar-refractivity contribution >= 4 is 15.9 Å². The summed E-state index contributed by atoms with van der Waals surface area (Å²) in [5, 5.41) is 0. The second kappa shape index (κ2) is 9.37. The van der Waals surface area contributed by atoms with Gasteiger partial charge in [0, 0.05) is 30.7 Å². The Morgan fingerprint density at radius 2 is 1.44 bits per heavy atom. The van der Waals surface area contributed by atoms with Crippen molar-refractivity contribution in [2.45, 2.75) is 12.8 Å². The predicted octanol–water partition coefficient (Wildman–Crippen LogP) is 4.52. The Balaban J connectivity index is 1.36. The molecule has 1 heterocycles. The van der Waals surface area contributed by atoms with Crippen LogP contribution in [0.5, 0.6) is 5.75 Å². The number of hydrogen-bond donors (Lipinski definition) is 0. The predicted molar refractivity (Wildman–Crippen MR) is 108 cm³/mol. The minimum atomic E-state index is 0.797. The number of benzene rings is 2. The third kappa shape index (κ3) is 5.84. The van der Waals surface area contributed by atoms with Crippen LogP contribution in [-0.2, 0) is 0 Å². The Labute approximate surface area is 159 Å². The second-order valence-electron chi connectivity index (χ2n) is 6.73. The molecule has 2 aromatic carbocycles. The Morgan fingerprint density at radius 1 is 0.840 bits per heavy atom. The van der Waals surface area contributed by atoms with E-state index < -0.39 is 0 Å². The zero-order valence-corrected chi connectivity index (χ0v) is 16.5. The molecule has 1 saturated heterocycles. The Morgan fingerprint density at radius 3 is 2.08 bits per heavy atom. The Hall–Kier alpha value is -1.36. The fourth-order valence-corrected chi connectivity index (χ4v) is 3.35. The van der Waals surface area contributed by atoms with Gasteiger partial charge in [-0.3, -0.25) is 0 Å². The highest BCUT2D eigenvalue weighted by Gasteiger charge is 2.12. The molecule has 0 unspecified atom stereocenters. The first-order valence-corrected chi connectivity index (χ1v) is 9.90. The maximum atomic E-state index is 5.89. The van der Waals surface area contributed by atoms with Crippen LogP contribution in [-0.4, -0.2) is 56.2 Å². The van der Waals surface area contributed by atoms with Gasteiger partial charge in [0.1, 0.15) is 5.75 Å². The summed E-state index contributed by atoms with van der Waals surface area (Å²) in [6.45, 7) is 6.79. The lowest BCUT2D eigenvalue weighted by Gasteiger charge is -2.32. The average molecular weight is 403 g/mol. The average Bonchev–Trinajstić information content (AvgIpc) is 2.64. The molecule has 0 saturated carbocycles. The van der Waals surface area contributed by atoms with Gasteiger partial charge in [-0.1, -0.05) is 40.2 Å². The minimum Gasteiger partial charge on any atom is -0.494 e. The summed E-state index contributed by atoms with van der Waals surface area (Å²) in [7, 11) is 2.20. The summed E-state index contributed by atoms with van der Waals surface area (Å²) < 4.78 is 6.99. The van der Waals surface area contributed by atoms with E-state index in [9.17, 15) is 0 Å². The highest BCUT2D eigenvalue weighted by molar-refractivity contribution is 9.10. The van der Waals surface area contributed by atoms with Gasteiger partial charge < -0.3 is 14.5 Å². The normalized spacial score (nSPS) is 16.1. The van der Waals surface area contributed by atoms with E-state index >= 15 is 0 Å². The lowest BCUT2D eigenvalue weighted by Crippen LogP contribution is -2.44. The number of unbranched alkanes of at least 4 members (excludes halogenated alkanes) is 1. The number of ether oxygens (including phenoxy) is 1. The van der Waals surface area contributed by atoms with E-state index in [1.54, 1.807) is 0 Å². The summed E-state index contributed by atoms with van der Waals surface area (Å²) in [5.41, 5.74) is 2.44. The van der Waals surface area contributed by atoms with Gasteiger partial charge in [0.25, 0.3) is 0 Å². The van der Waals surface area contributed by atoms with Gasteiger partial charge in [0.2, 0.25) is 0 Å². The fraction of sp³-hybridized carbons (Fsp3) is 0.429. The van der Waals surface area contributed by atoms with Gasteiger partial charge in [-0.2, -0.15) is 0 Å². The van der Waals surface area contributed by atoms with Crippen molar-refractivity contribution in [3.63, 3.8) is 0 Å². The van der Waals surface area contributed by atoms with E-state index in [1.807, 2.05) is 0 Å². The zero-order chi connectivity index (χ0) is 17.5. The van der Waals surface area contributed by atoms with Crippen molar-refractivity contribution in [2.24, 2.45) is 0 Å². The molecule has 1 aliphatic rings. The molecule has 4 heteroatoms. The fourth-order valence-electron chi connectivity index (χ4n) is 3.08. The number of piperazine rings is 1. The maximum absolute atomic E-state index is 5.89. The molecule has 0 aliphatic carbocycles. The van der Waals surface area contributed by atoms with Crippen LogP contribution in [0.25, 0.3) is 11.1 Å². The highest BCUT2D eigenvalue weighted by Crippen LogP contribution is 2.24. The number of nitrogens with zero attached hydrogens (tertiary/aromatic N) is 2. The van der Waals surface area contributed by atoms with Crippen molar-refractivity contribution < 1.29 is 4.74 Å². The largest absolute Gasteiger partial charge is 0.494 e. The number of likely N-dealkylation sites (N-methyl/N-ethyl adjacent to an activating group) is 1. The number of rotatable bonds is 7. The molecule has 0 bridgehead atoms. The number of halogens is 1. The van der Waals surface area contributed by atoms with E-state index in [0.717, 1.165) is 23.2 Å². The van der Waals surface area contributed by atoms with Gasteiger partial charge in [0.05, 0.1) is 6.61 Å². The molecule has 0 aromatic heterocycles. The van der Waals surface area contributed by atoms with Gasteiger partial charge >= 0.3 is 0 Å². The second-order valence-corrected chi connectivity index (χ2v) is 7.65. The summed E-state index contributed by atoms with van der Waals surface area (Å²) in [5.74, 6) is 0.959. The van der Waals surface area contributed by atoms with E-state index in [-0.39, 0.29) is 0 Å². The molecule has 0 N–H and O–H groups in total. The van der Waals surface area contributed by atoms with Crippen molar-refractivity contribution in [1.82, 2.24) is 9.80 Å². The van der Waals surface area contributed by atoms with Gasteiger partial charge in [-0.25, -0.2) is 0 Å². The van der Waals surface area contributed by atoms with Crippen LogP contribution >= 0.6 is 15.9 Å². The van der Waals surface area contributed by atoms with Crippen LogP contribution in [0.3, 0.4) is 0 Å². The van der Waals surface area contributed by atoms with Crippen LogP contribution < -0.4 is 4.74 Å². The molecular formula is C21H27BrN2O. The molecule has 3 rings (SSSR count). The van der Waals surface area contributed by atoms with Gasteiger partial charge in [-0.05, 0) is 61.8 Å². The Bertz CT molecular complexity index is 634. The zero-order valence-electron chi connectivity index (χ0n) is 15.0. The summed E-state index contributed by atoms with van der Waals surface area (Å²) >= 11 is 3.47. The standard InChI is InChI=1S/C21H27BrN2O/c1-23-13-15-24(16-14-23)12-2-3-17-25-21-10-6-19(7-11-21)18-4-8-20(22)9-5-18/h4-11H,2-3,12-17H2,1H3. The first-order chi connectivity index (χ1) is 12.2. The molecule has 0 radical (unpaired) electrons. The lowest BCUT2D eigenvalue weighted by atomic mass is 10.1. The molecule has 0 atom stereocenters. The SMILES string of the molecule is CN1CCN(CCCCOc2ccc(-c3ccc(Br)cc3)cc2)CC1. The molecule has 2 aromatic rings. The van der Waals surface area contributed by atoms with Gasteiger partial charge in [0.15, 0.2) is 0 Å². The van der Waals surface area contributed by atoms with Crippen LogP contribution in [0.15, 0.2) is 53.0 Å². The highest BCUT2D eigenvalue weighted by atomic mass is 79.9. The number of hydrogen-bond acceptors (Lipinski definition) is 3. The topological polar surface area (TPSA) is 15.7 Å². The third-order valence-corrected chi connectivity index (χ3v) is 5.29. The van der Waals surface area contributed by atoms with Crippen LogP contribution in [0.2, 0.25) is 0 Å². The summed E-state index contributed by atoms with van der Waals surface area (Å²) in [6, 6.07) is 16.8. The molecule has 25 heavy (non-hydrogen) atoms. The van der Waals surface area contributed by atoms with Crippen LogP contribution in [0, 0.1) is 0 Å². The molecule has 3 nitrogen and oxygen atoms in total. The van der Waals surface area contributed by atoms with E-state index in [2.05, 4.69) is 81.3 Å². The van der Waals surface area contributed by atoms with Crippen LogP contribution in [0.1, 0.15) is 12.8 Å². The molecule has 0 spiro atoms. The Kier molecular flexibility index (Phi) is 6.91. The van der Waals surface area contributed by atoms with E-state index in [4.69, 9.17) is 4.74 Å². The molecule has 0 amide bonds. The third-order valence-electron chi connectivity index (χ3n) is 4.77. The van der Waals surface area contributed by atoms with Crippen molar-refractivity contribution in [3.8, 4) is 16.9 Å². The van der Waals surface area contributed by atoms with E-state index in [0.29, 0.717) is 0 Å². The maximum Gasteiger partial charge on any atom is 0.119 e. The van der Waals surface area contributed by atoms with Gasteiger partial charge in [-0.15, -0.1) is 0 Å². The molecular weight excluding hydrogens is 376 g/mol. The van der Waals surface area contributed by atoms with Crippen molar-refractivity contribution in [2.75, 3.05) is 46.4 Å². The molecule has 1 aliphatic heterocycles. The molecule has 134 valence electrons. The first kappa shape index (κ1) is 18.4. The van der Waals surface area contributed by atoms with Crippen molar-refractivity contribution in [3.05, 3.63) is 53.0 Å². The monoisotopic (exact) mass is 402 g/mol. The minimum absolute atomic E-state index is 0.797. The van der Waals surface area contributed by atoms with Crippen molar-refractivity contribution in [1.29, 1.82) is 0 Å². The van der Waals surface area contributed by atoms with E-state index in [1.165, 1.54) is 50.3 Å². The smallest absolute Gasteiger partial charge is 0.119 e. The van der Waals surface area contributed by atoms with Crippen LogP contribution in [0.4, 0.5) is 0 Å². The first-order valence-electron chi connectivity index (χ1n) is 9.10. The quantitative estimate of drug-likeness (QED) is 0.633. The lowest BCUT2D eigenvalue weighted by molar-refractivity contribution is 0.150.